The monoisotopic (exact) mass is 629 g/mol. The molecule has 2 aliphatic rings. The second-order valence-corrected chi connectivity index (χ2v) is 14.0. The SMILES string of the molecule is C=CCOC(C)(C)C(=O)N=S(N)(=O)c1ccc2c(c1)N(C[C@@H]1CC[C@H]1[C@@H](C=C)OC)CCCCc1cc(Cl)ccc1CO2. The van der Waals surface area contributed by atoms with Gasteiger partial charge in [-0.2, -0.15) is 0 Å². The molecule has 4 rings (SSSR count). The number of ether oxygens (including phenoxy) is 3. The van der Waals surface area contributed by atoms with E-state index in [9.17, 15) is 9.00 Å². The highest BCUT2D eigenvalue weighted by atomic mass is 35.5. The van der Waals surface area contributed by atoms with Gasteiger partial charge in [-0.25, -0.2) is 9.35 Å². The normalized spacial score (nSPS) is 21.0. The van der Waals surface area contributed by atoms with Crippen molar-refractivity contribution in [2.75, 3.05) is 31.7 Å². The van der Waals surface area contributed by atoms with E-state index in [1.165, 1.54) is 11.6 Å². The fourth-order valence-electron chi connectivity index (χ4n) is 5.70. The van der Waals surface area contributed by atoms with Crippen molar-refractivity contribution < 1.29 is 23.2 Å². The summed E-state index contributed by atoms with van der Waals surface area (Å²) in [5, 5.41) is 6.98. The molecule has 234 valence electrons. The summed E-state index contributed by atoms with van der Waals surface area (Å²) in [5.74, 6) is 0.695. The van der Waals surface area contributed by atoms with Crippen LogP contribution in [-0.2, 0) is 37.2 Å². The van der Waals surface area contributed by atoms with Gasteiger partial charge < -0.3 is 19.1 Å². The minimum absolute atomic E-state index is 0.0109. The molecule has 1 unspecified atom stereocenters. The van der Waals surface area contributed by atoms with Crippen LogP contribution in [0.2, 0.25) is 5.02 Å². The predicted octanol–water partition coefficient (Wildman–Crippen LogP) is 6.50. The Morgan fingerprint density at radius 3 is 2.70 bits per heavy atom. The average Bonchev–Trinajstić information content (AvgIpc) is 2.99. The van der Waals surface area contributed by atoms with Gasteiger partial charge in [-0.05, 0) is 99.2 Å². The Kier molecular flexibility index (Phi) is 11.1. The fourth-order valence-corrected chi connectivity index (χ4v) is 7.01. The highest BCUT2D eigenvalue weighted by Crippen LogP contribution is 2.41. The van der Waals surface area contributed by atoms with Crippen LogP contribution < -0.4 is 14.8 Å². The van der Waals surface area contributed by atoms with Crippen molar-refractivity contribution >= 4 is 33.1 Å². The van der Waals surface area contributed by atoms with Gasteiger partial charge in [0.05, 0.1) is 23.3 Å². The van der Waals surface area contributed by atoms with Crippen LogP contribution >= 0.6 is 11.6 Å². The quantitative estimate of drug-likeness (QED) is 0.301. The molecule has 1 saturated carbocycles. The molecule has 8 nitrogen and oxygen atoms in total. The van der Waals surface area contributed by atoms with Gasteiger partial charge in [0.25, 0.3) is 5.91 Å². The summed E-state index contributed by atoms with van der Waals surface area (Å²) in [6.45, 7) is 12.8. The summed E-state index contributed by atoms with van der Waals surface area (Å²) in [7, 11) is -1.86. The van der Waals surface area contributed by atoms with Gasteiger partial charge in [0.1, 0.15) is 27.9 Å². The maximum atomic E-state index is 13.8. The molecule has 1 aliphatic heterocycles. The molecule has 43 heavy (non-hydrogen) atoms. The van der Waals surface area contributed by atoms with Gasteiger partial charge in [0.15, 0.2) is 0 Å². The first-order chi connectivity index (χ1) is 20.5. The Labute approximate surface area is 261 Å². The lowest BCUT2D eigenvalue weighted by Crippen LogP contribution is -2.43. The summed E-state index contributed by atoms with van der Waals surface area (Å²) in [4.78, 5) is 15.5. The molecule has 10 heteroatoms. The van der Waals surface area contributed by atoms with E-state index in [0.29, 0.717) is 29.2 Å². The third-order valence-electron chi connectivity index (χ3n) is 8.44. The van der Waals surface area contributed by atoms with Crippen molar-refractivity contribution in [1.29, 1.82) is 0 Å². The number of anilines is 1. The summed E-state index contributed by atoms with van der Waals surface area (Å²) in [5.41, 5.74) is 1.72. The number of carbonyl (C=O) groups is 1. The molecule has 0 aromatic heterocycles. The molecular formula is C33H44ClN3O5S. The number of amides is 1. The highest BCUT2D eigenvalue weighted by Gasteiger charge is 2.37. The number of carbonyl (C=O) groups excluding carboxylic acids is 1. The van der Waals surface area contributed by atoms with E-state index in [2.05, 4.69) is 22.4 Å². The average molecular weight is 630 g/mol. The zero-order valence-corrected chi connectivity index (χ0v) is 27.0. The molecule has 2 aromatic carbocycles. The van der Waals surface area contributed by atoms with Gasteiger partial charge in [0.2, 0.25) is 0 Å². The van der Waals surface area contributed by atoms with Gasteiger partial charge in [-0.3, -0.25) is 4.79 Å². The first-order valence-electron chi connectivity index (χ1n) is 14.8. The van der Waals surface area contributed by atoms with E-state index >= 15 is 0 Å². The number of nitrogens with zero attached hydrogens (tertiary/aromatic N) is 2. The van der Waals surface area contributed by atoms with E-state index in [-0.39, 0.29) is 17.6 Å². The number of hydrogen-bond acceptors (Lipinski definition) is 6. The third kappa shape index (κ3) is 8.08. The van der Waals surface area contributed by atoms with Gasteiger partial charge in [-0.15, -0.1) is 17.5 Å². The summed E-state index contributed by atoms with van der Waals surface area (Å²) in [6, 6.07) is 11.1. The lowest BCUT2D eigenvalue weighted by atomic mass is 9.70. The molecule has 0 bridgehead atoms. The number of halogens is 1. The van der Waals surface area contributed by atoms with Gasteiger partial charge in [0, 0.05) is 25.2 Å². The van der Waals surface area contributed by atoms with Gasteiger partial charge in [-0.1, -0.05) is 29.8 Å². The zero-order valence-electron chi connectivity index (χ0n) is 25.4. The number of benzene rings is 2. The van der Waals surface area contributed by atoms with Crippen molar-refractivity contribution in [2.24, 2.45) is 21.3 Å². The number of rotatable bonds is 10. The lowest BCUT2D eigenvalue weighted by Gasteiger charge is -2.43. The van der Waals surface area contributed by atoms with Crippen LogP contribution in [0.15, 0.2) is 71.0 Å². The van der Waals surface area contributed by atoms with Crippen LogP contribution in [-0.4, -0.2) is 48.6 Å². The Morgan fingerprint density at radius 2 is 2.02 bits per heavy atom. The minimum Gasteiger partial charge on any atom is -0.487 e. The lowest BCUT2D eigenvalue weighted by molar-refractivity contribution is -0.137. The number of aryl methyl sites for hydroxylation is 1. The standard InChI is InChI=1S/C33H44ClN3O5S/c1-6-18-42-33(3,4)32(38)36-43(35,39)27-14-16-31-29(20-27)37(21-24-12-15-28(24)30(7-2)40-5)17-9-8-10-23-19-26(34)13-11-25(23)22-41-31/h6-7,11,13-14,16,19-20,24,28,30H,1-2,8-10,12,15,17-18,21-22H2,3-5H3,(H2,35,36,38,39)/t24-,28+,30+,43?/m0/s1. The number of nitrogens with two attached hydrogens (primary N) is 1. The second-order valence-electron chi connectivity index (χ2n) is 11.7. The van der Waals surface area contributed by atoms with E-state index in [1.807, 2.05) is 24.3 Å². The Morgan fingerprint density at radius 1 is 1.23 bits per heavy atom. The van der Waals surface area contributed by atoms with Crippen LogP contribution in [0.4, 0.5) is 5.69 Å². The molecule has 2 N–H and O–H groups in total. The minimum atomic E-state index is -3.59. The van der Waals surface area contributed by atoms with Crippen LogP contribution in [0.5, 0.6) is 5.75 Å². The summed E-state index contributed by atoms with van der Waals surface area (Å²) in [6.07, 6.45) is 8.34. The highest BCUT2D eigenvalue weighted by molar-refractivity contribution is 7.91. The predicted molar refractivity (Wildman–Crippen MR) is 173 cm³/mol. The first kappa shape index (κ1) is 33.2. The third-order valence-corrected chi connectivity index (χ3v) is 10.0. The van der Waals surface area contributed by atoms with Crippen LogP contribution in [0.3, 0.4) is 0 Å². The summed E-state index contributed by atoms with van der Waals surface area (Å²) < 4.78 is 35.4. The Balaban J connectivity index is 1.73. The second kappa shape index (κ2) is 14.4. The van der Waals surface area contributed by atoms with Crippen molar-refractivity contribution in [1.82, 2.24) is 0 Å². The van der Waals surface area contributed by atoms with Crippen LogP contribution in [0.25, 0.3) is 0 Å². The topological polar surface area (TPSA) is 103 Å². The van der Waals surface area contributed by atoms with Crippen molar-refractivity contribution in [3.05, 3.63) is 77.9 Å². The molecule has 0 saturated heterocycles. The van der Waals surface area contributed by atoms with E-state index < -0.39 is 21.4 Å². The Hall–Kier alpha value is -2.69. The van der Waals surface area contributed by atoms with Crippen LogP contribution in [0, 0.1) is 11.8 Å². The maximum Gasteiger partial charge on any atom is 0.286 e. The molecule has 1 aliphatic carbocycles. The van der Waals surface area contributed by atoms with Crippen molar-refractivity contribution in [3.63, 3.8) is 0 Å². The van der Waals surface area contributed by atoms with Crippen molar-refractivity contribution in [2.45, 2.75) is 69.2 Å². The van der Waals surface area contributed by atoms with E-state index in [1.54, 1.807) is 39.2 Å². The van der Waals surface area contributed by atoms with E-state index in [0.717, 1.165) is 56.4 Å². The number of fused-ring (bicyclic) bond motifs is 2. The summed E-state index contributed by atoms with van der Waals surface area (Å²) >= 11 is 6.32. The molecule has 1 fully saturated rings. The molecule has 1 heterocycles. The van der Waals surface area contributed by atoms with Crippen molar-refractivity contribution in [3.8, 4) is 5.75 Å². The molecule has 2 aromatic rings. The van der Waals surface area contributed by atoms with E-state index in [4.69, 9.17) is 31.0 Å². The smallest absolute Gasteiger partial charge is 0.286 e. The molecule has 1 amide bonds. The molecule has 0 spiro atoms. The Bertz CT molecular complexity index is 1450. The number of hydrogen-bond donors (Lipinski definition) is 1. The molecular weight excluding hydrogens is 586 g/mol. The largest absolute Gasteiger partial charge is 0.487 e. The number of methoxy groups -OCH3 is 1. The molecule has 0 radical (unpaired) electrons. The molecule has 4 atom stereocenters. The van der Waals surface area contributed by atoms with Crippen LogP contribution in [0.1, 0.15) is 50.7 Å². The first-order valence-corrected chi connectivity index (χ1v) is 16.7. The fraction of sp³-hybridized carbons (Fsp3) is 0.485. The maximum absolute atomic E-state index is 13.8. The van der Waals surface area contributed by atoms with Gasteiger partial charge >= 0.3 is 0 Å². The zero-order chi connectivity index (χ0) is 31.2.